The molecule has 8 nitrogen and oxygen atoms in total. The van der Waals surface area contributed by atoms with Gasteiger partial charge in [0.2, 0.25) is 0 Å². The Bertz CT molecular complexity index is 855. The summed E-state index contributed by atoms with van der Waals surface area (Å²) in [6.45, 7) is 0. The van der Waals surface area contributed by atoms with Crippen LogP contribution in [-0.2, 0) is 22.4 Å². The summed E-state index contributed by atoms with van der Waals surface area (Å²) in [6, 6.07) is 10.6. The van der Waals surface area contributed by atoms with Gasteiger partial charge in [0.05, 0.1) is 14.2 Å². The summed E-state index contributed by atoms with van der Waals surface area (Å²) in [5.74, 6) is -2.14. The number of hydrogen-bond donors (Lipinski definition) is 3. The van der Waals surface area contributed by atoms with E-state index in [1.807, 2.05) is 0 Å². The summed E-state index contributed by atoms with van der Waals surface area (Å²) in [5, 5.41) is 20.8. The Hall–Kier alpha value is -3.55. The van der Waals surface area contributed by atoms with E-state index in [2.05, 4.69) is 5.32 Å². The first-order chi connectivity index (χ1) is 13.8. The molecule has 3 N–H and O–H groups in total. The molecule has 0 saturated heterocycles. The van der Waals surface area contributed by atoms with Crippen molar-refractivity contribution in [1.82, 2.24) is 5.32 Å². The second-order valence-electron chi connectivity index (χ2n) is 6.32. The quantitative estimate of drug-likeness (QED) is 0.557. The minimum absolute atomic E-state index is 0.0217. The molecule has 0 aliphatic heterocycles. The van der Waals surface area contributed by atoms with Crippen molar-refractivity contribution >= 4 is 17.8 Å². The van der Waals surface area contributed by atoms with E-state index in [1.54, 1.807) is 42.5 Å². The van der Waals surface area contributed by atoms with E-state index in [-0.39, 0.29) is 29.9 Å². The lowest BCUT2D eigenvalue weighted by atomic mass is 10.0. The van der Waals surface area contributed by atoms with Crippen LogP contribution in [0.25, 0.3) is 0 Å². The molecule has 0 unspecified atom stereocenters. The van der Waals surface area contributed by atoms with Crippen molar-refractivity contribution in [3.63, 3.8) is 0 Å². The zero-order valence-corrected chi connectivity index (χ0v) is 16.2. The molecule has 0 heterocycles. The lowest BCUT2D eigenvalue weighted by Gasteiger charge is -2.17. The maximum Gasteiger partial charge on any atom is 0.326 e. The van der Waals surface area contributed by atoms with Crippen molar-refractivity contribution in [2.45, 2.75) is 25.3 Å². The van der Waals surface area contributed by atoms with Crippen molar-refractivity contribution in [3.8, 4) is 11.5 Å². The minimum Gasteiger partial charge on any atom is -0.496 e. The minimum atomic E-state index is -1.18. The second-order valence-corrected chi connectivity index (χ2v) is 6.32. The number of carbonyl (C=O) groups is 3. The Morgan fingerprint density at radius 2 is 1.48 bits per heavy atom. The predicted octanol–water partition coefficient (Wildman–Crippen LogP) is 2.15. The number of methoxy groups -OCH3 is 2. The fourth-order valence-electron chi connectivity index (χ4n) is 2.83. The van der Waals surface area contributed by atoms with Gasteiger partial charge < -0.3 is 25.0 Å². The number of benzene rings is 2. The van der Waals surface area contributed by atoms with Crippen molar-refractivity contribution in [3.05, 3.63) is 59.2 Å². The first-order valence-electron chi connectivity index (χ1n) is 8.90. The summed E-state index contributed by atoms with van der Waals surface area (Å²) >= 11 is 0. The van der Waals surface area contributed by atoms with Gasteiger partial charge in [0.25, 0.3) is 5.91 Å². The van der Waals surface area contributed by atoms with Crippen molar-refractivity contribution in [2.24, 2.45) is 0 Å². The number of aryl methyl sites for hydroxylation is 1. The molecule has 1 amide bonds. The topological polar surface area (TPSA) is 122 Å². The molecule has 2 rings (SSSR count). The third kappa shape index (κ3) is 5.97. The first kappa shape index (κ1) is 21.7. The number of amides is 1. The Balaban J connectivity index is 2.14. The van der Waals surface area contributed by atoms with E-state index in [4.69, 9.17) is 14.6 Å². The van der Waals surface area contributed by atoms with Crippen molar-refractivity contribution in [2.75, 3.05) is 14.2 Å². The maximum atomic E-state index is 12.7. The zero-order chi connectivity index (χ0) is 21.4. The summed E-state index contributed by atoms with van der Waals surface area (Å²) in [4.78, 5) is 35.1. The standard InChI is InChI=1S/C21H23NO7/c1-28-16-4-3-5-17(29-2)19(16)20(25)22-15(21(26)27)12-14-8-6-13(7-9-14)10-11-18(23)24/h3-9,15H,10-12H2,1-2H3,(H,22,25)(H,23,24)(H,26,27)/t15-/m0/s1. The molecule has 0 fully saturated rings. The van der Waals surface area contributed by atoms with Crippen molar-refractivity contribution < 1.29 is 34.1 Å². The fourth-order valence-corrected chi connectivity index (χ4v) is 2.83. The Morgan fingerprint density at radius 3 is 1.97 bits per heavy atom. The third-order valence-electron chi connectivity index (χ3n) is 4.35. The Morgan fingerprint density at radius 1 is 0.931 bits per heavy atom. The number of carbonyl (C=O) groups excluding carboxylic acids is 1. The van der Waals surface area contributed by atoms with Gasteiger partial charge in [0, 0.05) is 12.8 Å². The number of nitrogens with one attached hydrogen (secondary N) is 1. The highest BCUT2D eigenvalue weighted by molar-refractivity contribution is 6.01. The van der Waals surface area contributed by atoms with Crippen LogP contribution in [0.4, 0.5) is 0 Å². The number of carboxylic acids is 2. The van der Waals surface area contributed by atoms with Crippen LogP contribution in [-0.4, -0.2) is 48.3 Å². The van der Waals surface area contributed by atoms with Crippen LogP contribution in [0.15, 0.2) is 42.5 Å². The number of rotatable bonds is 10. The summed E-state index contributed by atoms with van der Waals surface area (Å²) in [6.07, 6.45) is 0.480. The van der Waals surface area contributed by atoms with Crippen LogP contribution >= 0.6 is 0 Å². The average molecular weight is 401 g/mol. The third-order valence-corrected chi connectivity index (χ3v) is 4.35. The van der Waals surface area contributed by atoms with E-state index >= 15 is 0 Å². The van der Waals surface area contributed by atoms with Crippen LogP contribution in [0.2, 0.25) is 0 Å². The predicted molar refractivity (Wildman–Crippen MR) is 105 cm³/mol. The van der Waals surface area contributed by atoms with Gasteiger partial charge in [-0.2, -0.15) is 0 Å². The van der Waals surface area contributed by atoms with Crippen LogP contribution in [0.1, 0.15) is 27.9 Å². The van der Waals surface area contributed by atoms with Crippen LogP contribution in [0.3, 0.4) is 0 Å². The molecular formula is C21H23NO7. The van der Waals surface area contributed by atoms with Gasteiger partial charge in [0.1, 0.15) is 23.1 Å². The molecule has 2 aromatic carbocycles. The van der Waals surface area contributed by atoms with Gasteiger partial charge in [0.15, 0.2) is 0 Å². The molecule has 0 aromatic heterocycles. The molecular weight excluding hydrogens is 378 g/mol. The summed E-state index contributed by atoms with van der Waals surface area (Å²) < 4.78 is 10.4. The second kappa shape index (κ2) is 10.1. The number of aliphatic carboxylic acids is 2. The normalized spacial score (nSPS) is 11.4. The summed E-state index contributed by atoms with van der Waals surface area (Å²) in [5.41, 5.74) is 1.65. The van der Waals surface area contributed by atoms with Gasteiger partial charge in [-0.05, 0) is 29.7 Å². The van der Waals surface area contributed by atoms with Gasteiger partial charge >= 0.3 is 11.9 Å². The van der Waals surface area contributed by atoms with E-state index in [9.17, 15) is 19.5 Å². The molecule has 0 saturated carbocycles. The molecule has 29 heavy (non-hydrogen) atoms. The highest BCUT2D eigenvalue weighted by atomic mass is 16.5. The van der Waals surface area contributed by atoms with E-state index in [1.165, 1.54) is 14.2 Å². The maximum absolute atomic E-state index is 12.7. The molecule has 154 valence electrons. The van der Waals surface area contributed by atoms with E-state index < -0.39 is 23.9 Å². The SMILES string of the molecule is COc1cccc(OC)c1C(=O)N[C@@H](Cc1ccc(CCC(=O)O)cc1)C(=O)O. The number of carboxylic acid groups (broad SMARTS) is 2. The van der Waals surface area contributed by atoms with Gasteiger partial charge in [-0.1, -0.05) is 30.3 Å². The average Bonchev–Trinajstić information content (AvgIpc) is 2.71. The fraction of sp³-hybridized carbons (Fsp3) is 0.286. The largest absolute Gasteiger partial charge is 0.496 e. The molecule has 8 heteroatoms. The Kier molecular flexibility index (Phi) is 7.59. The molecule has 0 spiro atoms. The lowest BCUT2D eigenvalue weighted by molar-refractivity contribution is -0.139. The van der Waals surface area contributed by atoms with E-state index in [0.29, 0.717) is 12.0 Å². The molecule has 0 radical (unpaired) electrons. The first-order valence-corrected chi connectivity index (χ1v) is 8.90. The molecule has 0 aliphatic carbocycles. The highest BCUT2D eigenvalue weighted by Crippen LogP contribution is 2.28. The molecule has 2 aromatic rings. The molecule has 0 aliphatic rings. The smallest absolute Gasteiger partial charge is 0.326 e. The number of hydrogen-bond acceptors (Lipinski definition) is 5. The monoisotopic (exact) mass is 401 g/mol. The van der Waals surface area contributed by atoms with Crippen LogP contribution in [0.5, 0.6) is 11.5 Å². The van der Waals surface area contributed by atoms with E-state index in [0.717, 1.165) is 5.56 Å². The van der Waals surface area contributed by atoms with Crippen molar-refractivity contribution in [1.29, 1.82) is 0 Å². The van der Waals surface area contributed by atoms with Gasteiger partial charge in [-0.3, -0.25) is 9.59 Å². The van der Waals surface area contributed by atoms with Crippen LogP contribution < -0.4 is 14.8 Å². The van der Waals surface area contributed by atoms with Crippen LogP contribution in [0, 0.1) is 0 Å². The number of ether oxygens (including phenoxy) is 2. The lowest BCUT2D eigenvalue weighted by Crippen LogP contribution is -2.42. The molecule has 1 atom stereocenters. The Labute approximate surface area is 168 Å². The molecule has 0 bridgehead atoms. The van der Waals surface area contributed by atoms with Gasteiger partial charge in [-0.15, -0.1) is 0 Å². The van der Waals surface area contributed by atoms with Gasteiger partial charge in [-0.25, -0.2) is 4.79 Å². The zero-order valence-electron chi connectivity index (χ0n) is 16.2. The highest BCUT2D eigenvalue weighted by Gasteiger charge is 2.25. The summed E-state index contributed by atoms with van der Waals surface area (Å²) in [7, 11) is 2.82.